The molecule has 1 saturated heterocycles. The van der Waals surface area contributed by atoms with E-state index in [1.54, 1.807) is 6.07 Å². The van der Waals surface area contributed by atoms with Gasteiger partial charge in [-0.15, -0.1) is 0 Å². The number of amides is 1. The summed E-state index contributed by atoms with van der Waals surface area (Å²) in [5.41, 5.74) is 2.39. The number of nitrogens with zero attached hydrogens (tertiary/aromatic N) is 2. The quantitative estimate of drug-likeness (QED) is 0.862. The van der Waals surface area contributed by atoms with Gasteiger partial charge in [0.1, 0.15) is 18.1 Å². The highest BCUT2D eigenvalue weighted by molar-refractivity contribution is 5.94. The van der Waals surface area contributed by atoms with Gasteiger partial charge in [0, 0.05) is 18.7 Å². The maximum Gasteiger partial charge on any atom is 0.254 e. The zero-order valence-electron chi connectivity index (χ0n) is 14.2. The lowest BCUT2D eigenvalue weighted by Crippen LogP contribution is -2.44. The number of rotatable bonds is 4. The third-order valence-electron chi connectivity index (χ3n) is 4.17. The topological polar surface area (TPSA) is 64.8 Å². The summed E-state index contributed by atoms with van der Waals surface area (Å²) in [4.78, 5) is 14.4. The maximum atomic E-state index is 12.6. The van der Waals surface area contributed by atoms with Crippen molar-refractivity contribution in [2.24, 2.45) is 0 Å². The van der Waals surface area contributed by atoms with Gasteiger partial charge in [-0.1, -0.05) is 11.2 Å². The minimum atomic E-state index is 0.00735. The van der Waals surface area contributed by atoms with Crippen LogP contribution in [-0.4, -0.2) is 41.8 Å². The van der Waals surface area contributed by atoms with Crippen LogP contribution in [0.3, 0.4) is 0 Å². The Labute approximate surface area is 141 Å². The van der Waals surface area contributed by atoms with E-state index in [-0.39, 0.29) is 12.0 Å². The molecule has 1 aromatic heterocycles. The summed E-state index contributed by atoms with van der Waals surface area (Å²) >= 11 is 0. The van der Waals surface area contributed by atoms with E-state index in [0.717, 1.165) is 17.0 Å². The third-order valence-corrected chi connectivity index (χ3v) is 4.17. The Bertz CT molecular complexity index is 706. The highest BCUT2D eigenvalue weighted by atomic mass is 16.5. The van der Waals surface area contributed by atoms with E-state index in [9.17, 15) is 4.79 Å². The SMILES string of the molecule is Cc1noc(C)c1COc1cccc(C(=O)N2CCOC(C)C2)c1. The Morgan fingerprint density at radius 2 is 2.25 bits per heavy atom. The Kier molecular flexibility index (Phi) is 4.85. The molecule has 6 nitrogen and oxygen atoms in total. The lowest BCUT2D eigenvalue weighted by molar-refractivity contribution is -0.0124. The van der Waals surface area contributed by atoms with Gasteiger partial charge in [-0.2, -0.15) is 0 Å². The van der Waals surface area contributed by atoms with E-state index < -0.39 is 0 Å². The maximum absolute atomic E-state index is 12.6. The van der Waals surface area contributed by atoms with Crippen molar-refractivity contribution in [3.63, 3.8) is 0 Å². The van der Waals surface area contributed by atoms with Gasteiger partial charge in [0.15, 0.2) is 0 Å². The molecule has 1 aliphatic rings. The predicted molar refractivity (Wildman–Crippen MR) is 88.1 cm³/mol. The fourth-order valence-corrected chi connectivity index (χ4v) is 2.77. The molecule has 0 radical (unpaired) electrons. The molecule has 0 aliphatic carbocycles. The summed E-state index contributed by atoms with van der Waals surface area (Å²) in [6.45, 7) is 7.90. The largest absolute Gasteiger partial charge is 0.489 e. The average Bonchev–Trinajstić information content (AvgIpc) is 2.91. The van der Waals surface area contributed by atoms with Crippen molar-refractivity contribution in [2.75, 3.05) is 19.7 Å². The number of aryl methyl sites for hydroxylation is 2. The first kappa shape index (κ1) is 16.5. The van der Waals surface area contributed by atoms with E-state index >= 15 is 0 Å². The molecule has 24 heavy (non-hydrogen) atoms. The molecule has 0 bridgehead atoms. The number of carbonyl (C=O) groups is 1. The summed E-state index contributed by atoms with van der Waals surface area (Å²) in [6.07, 6.45) is 0.0710. The van der Waals surface area contributed by atoms with Crippen LogP contribution >= 0.6 is 0 Å². The molecule has 1 fully saturated rings. The molecule has 6 heteroatoms. The van der Waals surface area contributed by atoms with Crippen molar-refractivity contribution in [1.29, 1.82) is 0 Å². The van der Waals surface area contributed by atoms with Crippen LogP contribution in [0.1, 0.15) is 34.3 Å². The summed E-state index contributed by atoms with van der Waals surface area (Å²) in [5.74, 6) is 1.41. The summed E-state index contributed by atoms with van der Waals surface area (Å²) in [6, 6.07) is 7.27. The zero-order valence-corrected chi connectivity index (χ0v) is 14.2. The molecule has 1 atom stereocenters. The Hall–Kier alpha value is -2.34. The number of hydrogen-bond donors (Lipinski definition) is 0. The van der Waals surface area contributed by atoms with Crippen LogP contribution in [0.15, 0.2) is 28.8 Å². The van der Waals surface area contributed by atoms with Crippen LogP contribution in [0.2, 0.25) is 0 Å². The Morgan fingerprint density at radius 3 is 2.96 bits per heavy atom. The minimum absolute atomic E-state index is 0.00735. The van der Waals surface area contributed by atoms with Gasteiger partial charge in [0.2, 0.25) is 0 Å². The second-order valence-corrected chi connectivity index (χ2v) is 6.05. The smallest absolute Gasteiger partial charge is 0.254 e. The molecule has 0 spiro atoms. The van der Waals surface area contributed by atoms with Gasteiger partial charge in [-0.3, -0.25) is 4.79 Å². The van der Waals surface area contributed by atoms with Crippen LogP contribution < -0.4 is 4.74 Å². The molecule has 0 saturated carbocycles. The van der Waals surface area contributed by atoms with Crippen molar-refractivity contribution in [1.82, 2.24) is 10.1 Å². The van der Waals surface area contributed by atoms with Crippen LogP contribution in [0.5, 0.6) is 5.75 Å². The molecule has 2 aromatic rings. The summed E-state index contributed by atoms with van der Waals surface area (Å²) in [7, 11) is 0. The van der Waals surface area contributed by atoms with Gasteiger partial charge >= 0.3 is 0 Å². The fraction of sp³-hybridized carbons (Fsp3) is 0.444. The van der Waals surface area contributed by atoms with E-state index in [4.69, 9.17) is 14.0 Å². The number of aromatic nitrogens is 1. The first-order chi connectivity index (χ1) is 11.5. The van der Waals surface area contributed by atoms with Crippen LogP contribution in [0.4, 0.5) is 0 Å². The number of morpholine rings is 1. The van der Waals surface area contributed by atoms with E-state index in [1.165, 1.54) is 0 Å². The van der Waals surface area contributed by atoms with Crippen molar-refractivity contribution >= 4 is 5.91 Å². The molecule has 2 heterocycles. The first-order valence-electron chi connectivity index (χ1n) is 8.10. The Balaban J connectivity index is 1.68. The van der Waals surface area contributed by atoms with Gasteiger partial charge in [-0.25, -0.2) is 0 Å². The lowest BCUT2D eigenvalue weighted by atomic mass is 10.1. The molecule has 1 aliphatic heterocycles. The van der Waals surface area contributed by atoms with E-state index in [2.05, 4.69) is 5.16 Å². The first-order valence-corrected chi connectivity index (χ1v) is 8.10. The van der Waals surface area contributed by atoms with E-state index in [1.807, 2.05) is 43.9 Å². The van der Waals surface area contributed by atoms with Crippen LogP contribution in [-0.2, 0) is 11.3 Å². The molecule has 0 N–H and O–H groups in total. The fourth-order valence-electron chi connectivity index (χ4n) is 2.77. The number of hydrogen-bond acceptors (Lipinski definition) is 5. The van der Waals surface area contributed by atoms with Crippen molar-refractivity contribution < 1.29 is 18.8 Å². The zero-order chi connectivity index (χ0) is 17.1. The third kappa shape index (κ3) is 3.59. The van der Waals surface area contributed by atoms with Gasteiger partial charge < -0.3 is 18.9 Å². The predicted octanol–water partition coefficient (Wildman–Crippen LogP) is 2.73. The molecule has 1 aromatic carbocycles. The standard InChI is InChI=1S/C18H22N2O4/c1-12-10-20(7-8-22-12)18(21)15-5-4-6-16(9-15)23-11-17-13(2)19-24-14(17)3/h4-6,9,12H,7-8,10-11H2,1-3H3. The monoisotopic (exact) mass is 330 g/mol. The number of ether oxygens (including phenoxy) is 2. The van der Waals surface area contributed by atoms with Crippen molar-refractivity contribution in [3.8, 4) is 5.75 Å². The lowest BCUT2D eigenvalue weighted by Gasteiger charge is -2.31. The van der Waals surface area contributed by atoms with Gasteiger partial charge in [-0.05, 0) is 39.0 Å². The molecule has 3 rings (SSSR count). The van der Waals surface area contributed by atoms with E-state index in [0.29, 0.717) is 37.6 Å². The Morgan fingerprint density at radius 1 is 1.42 bits per heavy atom. The van der Waals surface area contributed by atoms with Crippen LogP contribution in [0, 0.1) is 13.8 Å². The number of carbonyl (C=O) groups excluding carboxylic acids is 1. The normalized spacial score (nSPS) is 17.8. The highest BCUT2D eigenvalue weighted by Gasteiger charge is 2.22. The molecular formula is C18H22N2O4. The average molecular weight is 330 g/mol. The molecule has 1 unspecified atom stereocenters. The van der Waals surface area contributed by atoms with Crippen molar-refractivity contribution in [2.45, 2.75) is 33.5 Å². The molecule has 128 valence electrons. The van der Waals surface area contributed by atoms with Crippen LogP contribution in [0.25, 0.3) is 0 Å². The highest BCUT2D eigenvalue weighted by Crippen LogP contribution is 2.20. The second-order valence-electron chi connectivity index (χ2n) is 6.05. The van der Waals surface area contributed by atoms with Gasteiger partial charge in [0.25, 0.3) is 5.91 Å². The molecule has 1 amide bonds. The van der Waals surface area contributed by atoms with Crippen molar-refractivity contribution in [3.05, 3.63) is 46.8 Å². The summed E-state index contributed by atoms with van der Waals surface area (Å²) < 4.78 is 16.4. The second kappa shape index (κ2) is 7.05. The minimum Gasteiger partial charge on any atom is -0.489 e. The molecular weight excluding hydrogens is 308 g/mol. The number of benzene rings is 1. The van der Waals surface area contributed by atoms with Gasteiger partial charge in [0.05, 0.1) is 24.0 Å². The summed E-state index contributed by atoms with van der Waals surface area (Å²) in [5, 5.41) is 3.91.